The first kappa shape index (κ1) is 12.0. The number of phenolic OH excluding ortho intramolecular Hbond substituents is 1. The highest BCUT2D eigenvalue weighted by molar-refractivity contribution is 5.87. The van der Waals surface area contributed by atoms with Gasteiger partial charge in [0.05, 0.1) is 0 Å². The van der Waals surface area contributed by atoms with Crippen molar-refractivity contribution in [2.75, 3.05) is 6.61 Å². The number of aromatic hydroxyl groups is 1. The molecule has 0 unspecified atom stereocenters. The van der Waals surface area contributed by atoms with Crippen molar-refractivity contribution < 1.29 is 14.6 Å². The number of rotatable bonds is 4. The van der Waals surface area contributed by atoms with Gasteiger partial charge in [-0.3, -0.25) is 0 Å². The smallest absolute Gasteiger partial charge is 0.333 e. The first-order chi connectivity index (χ1) is 7.61. The maximum Gasteiger partial charge on any atom is 0.333 e. The van der Waals surface area contributed by atoms with Crippen molar-refractivity contribution in [2.24, 2.45) is 0 Å². The third-order valence-electron chi connectivity index (χ3n) is 1.89. The molecule has 0 aliphatic carbocycles. The molecular formula is C13H14O3. The second-order valence-electron chi connectivity index (χ2n) is 3.34. The Morgan fingerprint density at radius 2 is 2.19 bits per heavy atom. The van der Waals surface area contributed by atoms with Crippen molar-refractivity contribution in [1.82, 2.24) is 0 Å². The lowest BCUT2D eigenvalue weighted by atomic mass is 10.2. The number of carbonyl (C=O) groups is 1. The van der Waals surface area contributed by atoms with Crippen LogP contribution in [0.2, 0.25) is 0 Å². The van der Waals surface area contributed by atoms with Gasteiger partial charge in [-0.1, -0.05) is 30.9 Å². The average molecular weight is 218 g/mol. The normalized spacial score (nSPS) is 10.3. The first-order valence-electron chi connectivity index (χ1n) is 4.88. The summed E-state index contributed by atoms with van der Waals surface area (Å²) in [4.78, 5) is 11.0. The van der Waals surface area contributed by atoms with E-state index in [2.05, 4.69) is 6.58 Å². The molecule has 0 aromatic heterocycles. The molecule has 3 heteroatoms. The van der Waals surface area contributed by atoms with Crippen LogP contribution in [0.25, 0.3) is 6.08 Å². The average Bonchev–Trinajstić information content (AvgIpc) is 2.26. The van der Waals surface area contributed by atoms with Crippen molar-refractivity contribution in [3.63, 3.8) is 0 Å². The van der Waals surface area contributed by atoms with Crippen LogP contribution in [0.15, 0.2) is 42.5 Å². The molecule has 0 saturated heterocycles. The van der Waals surface area contributed by atoms with Crippen molar-refractivity contribution in [3.05, 3.63) is 48.1 Å². The van der Waals surface area contributed by atoms with E-state index in [0.29, 0.717) is 11.1 Å². The molecule has 0 heterocycles. The van der Waals surface area contributed by atoms with E-state index in [9.17, 15) is 9.90 Å². The Hall–Kier alpha value is -2.03. The van der Waals surface area contributed by atoms with Crippen LogP contribution in [0, 0.1) is 0 Å². The Labute approximate surface area is 94.7 Å². The minimum absolute atomic E-state index is 0.167. The number of hydrogen-bond acceptors (Lipinski definition) is 3. The van der Waals surface area contributed by atoms with Gasteiger partial charge in [-0.15, -0.1) is 0 Å². The fourth-order valence-electron chi connectivity index (χ4n) is 1.05. The minimum atomic E-state index is -0.415. The maximum absolute atomic E-state index is 11.0. The zero-order chi connectivity index (χ0) is 12.0. The molecule has 84 valence electrons. The third kappa shape index (κ3) is 3.61. The summed E-state index contributed by atoms with van der Waals surface area (Å²) in [5, 5.41) is 9.43. The standard InChI is InChI=1S/C13H14O3/c1-10(2)13(15)16-9-5-7-11-6-3-4-8-12(11)14/h3-8,14H,1,9H2,2H3. The lowest BCUT2D eigenvalue weighted by molar-refractivity contribution is -0.137. The second-order valence-corrected chi connectivity index (χ2v) is 3.34. The summed E-state index contributed by atoms with van der Waals surface area (Å²) in [6, 6.07) is 6.93. The number of esters is 1. The van der Waals surface area contributed by atoms with Crippen molar-refractivity contribution >= 4 is 12.0 Å². The Morgan fingerprint density at radius 1 is 1.50 bits per heavy atom. The molecule has 0 spiro atoms. The lowest BCUT2D eigenvalue weighted by Gasteiger charge is -2.00. The fraction of sp³-hybridized carbons (Fsp3) is 0.154. The van der Waals surface area contributed by atoms with Gasteiger partial charge in [-0.2, -0.15) is 0 Å². The highest BCUT2D eigenvalue weighted by Crippen LogP contribution is 2.16. The molecule has 0 aliphatic heterocycles. The third-order valence-corrected chi connectivity index (χ3v) is 1.89. The molecule has 3 nitrogen and oxygen atoms in total. The number of hydrogen-bond donors (Lipinski definition) is 1. The molecule has 0 atom stereocenters. The number of benzene rings is 1. The first-order valence-corrected chi connectivity index (χ1v) is 4.88. The van der Waals surface area contributed by atoms with E-state index in [4.69, 9.17) is 4.74 Å². The van der Waals surface area contributed by atoms with Crippen LogP contribution in [-0.2, 0) is 9.53 Å². The van der Waals surface area contributed by atoms with Gasteiger partial charge in [0.15, 0.2) is 0 Å². The van der Waals surface area contributed by atoms with Gasteiger partial charge >= 0.3 is 5.97 Å². The summed E-state index contributed by atoms with van der Waals surface area (Å²) in [5.41, 5.74) is 1.06. The van der Waals surface area contributed by atoms with E-state index in [-0.39, 0.29) is 12.4 Å². The molecule has 1 rings (SSSR count). The maximum atomic E-state index is 11.0. The van der Waals surface area contributed by atoms with Gasteiger partial charge in [0.1, 0.15) is 12.4 Å². The van der Waals surface area contributed by atoms with E-state index in [0.717, 1.165) is 0 Å². The van der Waals surface area contributed by atoms with Crippen LogP contribution in [-0.4, -0.2) is 17.7 Å². The Balaban J connectivity index is 2.47. The van der Waals surface area contributed by atoms with Gasteiger partial charge < -0.3 is 9.84 Å². The molecule has 16 heavy (non-hydrogen) atoms. The molecule has 0 saturated carbocycles. The van der Waals surface area contributed by atoms with Crippen LogP contribution < -0.4 is 0 Å². The number of ether oxygens (including phenoxy) is 1. The van der Waals surface area contributed by atoms with E-state index < -0.39 is 5.97 Å². The molecule has 1 N–H and O–H groups in total. The van der Waals surface area contributed by atoms with Crippen LogP contribution in [0.5, 0.6) is 5.75 Å². The Bertz CT molecular complexity index is 419. The molecule has 0 amide bonds. The quantitative estimate of drug-likeness (QED) is 0.624. The van der Waals surface area contributed by atoms with Gasteiger partial charge in [-0.25, -0.2) is 4.79 Å². The summed E-state index contributed by atoms with van der Waals surface area (Å²) in [5.74, 6) is -0.216. The molecule has 0 radical (unpaired) electrons. The van der Waals surface area contributed by atoms with E-state index in [1.54, 1.807) is 37.3 Å². The fourth-order valence-corrected chi connectivity index (χ4v) is 1.05. The van der Waals surface area contributed by atoms with Gasteiger partial charge in [0, 0.05) is 11.1 Å². The number of carbonyl (C=O) groups excluding carboxylic acids is 1. The Morgan fingerprint density at radius 3 is 2.81 bits per heavy atom. The lowest BCUT2D eigenvalue weighted by Crippen LogP contribution is -2.04. The highest BCUT2D eigenvalue weighted by atomic mass is 16.5. The summed E-state index contributed by atoms with van der Waals surface area (Å²) in [7, 11) is 0. The molecule has 0 bridgehead atoms. The molecule has 1 aromatic carbocycles. The molecule has 0 fully saturated rings. The molecular weight excluding hydrogens is 204 g/mol. The summed E-state index contributed by atoms with van der Waals surface area (Å²) < 4.78 is 4.86. The van der Waals surface area contributed by atoms with Crippen LogP contribution >= 0.6 is 0 Å². The van der Waals surface area contributed by atoms with Gasteiger partial charge in [0.25, 0.3) is 0 Å². The molecule has 0 aliphatic rings. The van der Waals surface area contributed by atoms with Gasteiger partial charge in [0.2, 0.25) is 0 Å². The number of para-hydroxylation sites is 1. The molecule has 1 aromatic rings. The van der Waals surface area contributed by atoms with Crippen molar-refractivity contribution in [1.29, 1.82) is 0 Å². The summed E-state index contributed by atoms with van der Waals surface area (Å²) >= 11 is 0. The SMILES string of the molecule is C=C(C)C(=O)OCC=Cc1ccccc1O. The van der Waals surface area contributed by atoms with Crippen LogP contribution in [0.1, 0.15) is 12.5 Å². The Kier molecular flexibility index (Phi) is 4.33. The number of phenols is 1. The van der Waals surface area contributed by atoms with E-state index >= 15 is 0 Å². The van der Waals surface area contributed by atoms with Crippen LogP contribution in [0.3, 0.4) is 0 Å². The van der Waals surface area contributed by atoms with E-state index in [1.807, 2.05) is 6.07 Å². The predicted molar refractivity (Wildman–Crippen MR) is 62.9 cm³/mol. The summed E-state index contributed by atoms with van der Waals surface area (Å²) in [6.07, 6.45) is 3.36. The largest absolute Gasteiger partial charge is 0.507 e. The highest BCUT2D eigenvalue weighted by Gasteiger charge is 2.00. The zero-order valence-corrected chi connectivity index (χ0v) is 9.14. The summed E-state index contributed by atoms with van der Waals surface area (Å²) in [6.45, 7) is 5.23. The second kappa shape index (κ2) is 5.75. The van der Waals surface area contributed by atoms with Crippen LogP contribution in [0.4, 0.5) is 0 Å². The monoisotopic (exact) mass is 218 g/mol. The minimum Gasteiger partial charge on any atom is -0.507 e. The van der Waals surface area contributed by atoms with E-state index in [1.165, 1.54) is 0 Å². The topological polar surface area (TPSA) is 46.5 Å². The predicted octanol–water partition coefficient (Wildman–Crippen LogP) is 2.52. The van der Waals surface area contributed by atoms with Crippen molar-refractivity contribution in [2.45, 2.75) is 6.92 Å². The van der Waals surface area contributed by atoms with Gasteiger partial charge in [-0.05, 0) is 19.1 Å². The van der Waals surface area contributed by atoms with Crippen molar-refractivity contribution in [3.8, 4) is 5.75 Å². The zero-order valence-electron chi connectivity index (χ0n) is 9.14.